The number of aryl methyl sites for hydroxylation is 1. The van der Waals surface area contributed by atoms with Crippen LogP contribution in [-0.4, -0.2) is 35.4 Å². The lowest BCUT2D eigenvalue weighted by molar-refractivity contribution is 0.0600. The van der Waals surface area contributed by atoms with Crippen molar-refractivity contribution in [3.63, 3.8) is 0 Å². The molecule has 0 radical (unpaired) electrons. The average molecular weight is 429 g/mol. The van der Waals surface area contributed by atoms with Crippen LogP contribution in [0.3, 0.4) is 0 Å². The van der Waals surface area contributed by atoms with Crippen molar-refractivity contribution >= 4 is 39.3 Å². The number of esters is 1. The third-order valence-electron chi connectivity index (χ3n) is 5.13. The number of thioether (sulfide) groups is 1. The zero-order valence-corrected chi connectivity index (χ0v) is 18.3. The zero-order chi connectivity index (χ0) is 20.2. The number of nitrogens with zero attached hydrogens (tertiary/aromatic N) is 2. The molecular weight excluding hydrogens is 404 g/mol. The second-order valence-electron chi connectivity index (χ2n) is 7.28. The number of carbonyl (C=O) groups is 1. The summed E-state index contributed by atoms with van der Waals surface area (Å²) in [4.78, 5) is 23.2. The molecule has 0 fully saturated rings. The van der Waals surface area contributed by atoms with Crippen LogP contribution in [0.5, 0.6) is 5.75 Å². The van der Waals surface area contributed by atoms with E-state index in [2.05, 4.69) is 16.9 Å². The van der Waals surface area contributed by atoms with Gasteiger partial charge >= 0.3 is 5.97 Å². The monoisotopic (exact) mass is 428 g/mol. The third kappa shape index (κ3) is 4.56. The number of hydrogen-bond donors (Lipinski definition) is 0. The lowest BCUT2D eigenvalue weighted by Gasteiger charge is -2.18. The summed E-state index contributed by atoms with van der Waals surface area (Å²) in [7, 11) is 1.38. The highest BCUT2D eigenvalue weighted by atomic mass is 32.2. The van der Waals surface area contributed by atoms with Crippen LogP contribution in [0, 0.1) is 5.92 Å². The fraction of sp³-hybridized carbons (Fsp3) is 0.409. The normalized spacial score (nSPS) is 15.9. The van der Waals surface area contributed by atoms with Crippen LogP contribution in [0.15, 0.2) is 35.6 Å². The van der Waals surface area contributed by atoms with Gasteiger partial charge in [0.2, 0.25) is 0 Å². The van der Waals surface area contributed by atoms with Crippen LogP contribution in [0.25, 0.3) is 10.2 Å². The molecule has 0 saturated heterocycles. The molecule has 152 valence electrons. The van der Waals surface area contributed by atoms with Crippen molar-refractivity contribution in [2.75, 3.05) is 19.5 Å². The van der Waals surface area contributed by atoms with Gasteiger partial charge in [0, 0.05) is 16.0 Å². The SMILES string of the molecule is COC(=O)c1ccc(OCCCSc2ncnc3sc4c(c23)CCC(C)C4)cc1. The van der Waals surface area contributed by atoms with Gasteiger partial charge in [0.1, 0.15) is 21.9 Å². The second kappa shape index (κ2) is 9.13. The van der Waals surface area contributed by atoms with Gasteiger partial charge in [0.05, 0.1) is 19.3 Å². The van der Waals surface area contributed by atoms with Gasteiger partial charge in [-0.3, -0.25) is 0 Å². The van der Waals surface area contributed by atoms with Crippen LogP contribution >= 0.6 is 23.1 Å². The van der Waals surface area contributed by atoms with E-state index in [4.69, 9.17) is 9.47 Å². The first-order valence-electron chi connectivity index (χ1n) is 9.85. The van der Waals surface area contributed by atoms with Gasteiger partial charge in [0.15, 0.2) is 0 Å². The van der Waals surface area contributed by atoms with Crippen LogP contribution in [-0.2, 0) is 17.6 Å². The summed E-state index contributed by atoms with van der Waals surface area (Å²) in [5.41, 5.74) is 2.00. The van der Waals surface area contributed by atoms with Gasteiger partial charge in [-0.2, -0.15) is 0 Å². The molecule has 5 nitrogen and oxygen atoms in total. The number of benzene rings is 1. The first-order chi connectivity index (χ1) is 14.2. The molecule has 1 aromatic carbocycles. The summed E-state index contributed by atoms with van der Waals surface area (Å²) in [5.74, 6) is 2.12. The summed E-state index contributed by atoms with van der Waals surface area (Å²) in [6, 6.07) is 7.03. The molecule has 0 aliphatic heterocycles. The molecule has 4 rings (SSSR count). The average Bonchev–Trinajstić information content (AvgIpc) is 3.11. The smallest absolute Gasteiger partial charge is 0.337 e. The van der Waals surface area contributed by atoms with E-state index in [9.17, 15) is 4.79 Å². The van der Waals surface area contributed by atoms with Crippen LogP contribution in [0.1, 0.15) is 40.6 Å². The third-order valence-corrected chi connectivity index (χ3v) is 7.37. The van der Waals surface area contributed by atoms with Crippen molar-refractivity contribution in [2.24, 2.45) is 5.92 Å². The lowest BCUT2D eigenvalue weighted by Crippen LogP contribution is -2.08. The number of methoxy groups -OCH3 is 1. The molecule has 2 heterocycles. The molecule has 1 aliphatic rings. The fourth-order valence-corrected chi connectivity index (χ4v) is 5.93. The zero-order valence-electron chi connectivity index (χ0n) is 16.6. The van der Waals surface area contributed by atoms with E-state index in [-0.39, 0.29) is 5.97 Å². The van der Waals surface area contributed by atoms with Gasteiger partial charge < -0.3 is 9.47 Å². The predicted octanol–water partition coefficient (Wildman–Crippen LogP) is 5.16. The van der Waals surface area contributed by atoms with E-state index in [0.717, 1.165) is 40.1 Å². The quantitative estimate of drug-likeness (QED) is 0.224. The number of thiophene rings is 1. The Hall–Kier alpha value is -2.12. The van der Waals surface area contributed by atoms with Gasteiger partial charge in [-0.05, 0) is 61.4 Å². The highest BCUT2D eigenvalue weighted by Gasteiger charge is 2.23. The standard InChI is InChI=1S/C22H24N2O3S2/c1-14-4-9-17-18(12-14)29-21-19(17)20(23-13-24-21)28-11-3-10-27-16-7-5-15(6-8-16)22(25)26-2/h5-8,13-14H,3-4,9-12H2,1-2H3. The minimum atomic E-state index is -0.339. The number of aromatic nitrogens is 2. The van der Waals surface area contributed by atoms with E-state index in [0.29, 0.717) is 12.2 Å². The first kappa shape index (κ1) is 20.2. The maximum Gasteiger partial charge on any atom is 0.337 e. The van der Waals surface area contributed by atoms with Gasteiger partial charge in [-0.1, -0.05) is 6.92 Å². The Morgan fingerprint density at radius 1 is 1.28 bits per heavy atom. The Labute approximate surface area is 178 Å². The molecule has 0 N–H and O–H groups in total. The minimum absolute atomic E-state index is 0.339. The predicted molar refractivity (Wildman–Crippen MR) is 117 cm³/mol. The molecule has 0 amide bonds. The van der Waals surface area contributed by atoms with Crippen molar-refractivity contribution in [2.45, 2.75) is 37.6 Å². The molecule has 0 spiro atoms. The largest absolute Gasteiger partial charge is 0.494 e. The van der Waals surface area contributed by atoms with Crippen LogP contribution in [0.2, 0.25) is 0 Å². The molecule has 7 heteroatoms. The summed E-state index contributed by atoms with van der Waals surface area (Å²) >= 11 is 3.63. The van der Waals surface area contributed by atoms with E-state index >= 15 is 0 Å². The Morgan fingerprint density at radius 3 is 2.90 bits per heavy atom. The van der Waals surface area contributed by atoms with Crippen molar-refractivity contribution in [1.29, 1.82) is 0 Å². The maximum absolute atomic E-state index is 11.5. The summed E-state index contributed by atoms with van der Waals surface area (Å²) in [6.07, 6.45) is 6.17. The first-order valence-corrected chi connectivity index (χ1v) is 11.6. The Kier molecular flexibility index (Phi) is 6.35. The molecule has 1 aliphatic carbocycles. The Morgan fingerprint density at radius 2 is 2.10 bits per heavy atom. The van der Waals surface area contributed by atoms with Crippen molar-refractivity contribution in [3.05, 3.63) is 46.6 Å². The molecule has 2 aromatic heterocycles. The van der Waals surface area contributed by atoms with Crippen molar-refractivity contribution in [1.82, 2.24) is 9.97 Å². The van der Waals surface area contributed by atoms with Gasteiger partial charge in [-0.15, -0.1) is 23.1 Å². The van der Waals surface area contributed by atoms with Crippen LogP contribution in [0.4, 0.5) is 0 Å². The van der Waals surface area contributed by atoms with Gasteiger partial charge in [-0.25, -0.2) is 14.8 Å². The number of fused-ring (bicyclic) bond motifs is 3. The topological polar surface area (TPSA) is 61.3 Å². The molecule has 1 atom stereocenters. The number of hydrogen-bond acceptors (Lipinski definition) is 7. The maximum atomic E-state index is 11.5. The van der Waals surface area contributed by atoms with E-state index in [1.165, 1.54) is 35.8 Å². The van der Waals surface area contributed by atoms with E-state index in [1.54, 1.807) is 42.4 Å². The molecule has 0 saturated carbocycles. The number of ether oxygens (including phenoxy) is 2. The highest BCUT2D eigenvalue weighted by Crippen LogP contribution is 2.40. The lowest BCUT2D eigenvalue weighted by atomic mass is 9.89. The number of rotatable bonds is 7. The highest BCUT2D eigenvalue weighted by molar-refractivity contribution is 7.99. The van der Waals surface area contributed by atoms with Crippen molar-refractivity contribution < 1.29 is 14.3 Å². The molecule has 0 bridgehead atoms. The Bertz CT molecular complexity index is 1000. The molecule has 1 unspecified atom stereocenters. The fourth-order valence-electron chi connectivity index (χ4n) is 3.58. The second-order valence-corrected chi connectivity index (χ2v) is 9.44. The summed E-state index contributed by atoms with van der Waals surface area (Å²) in [6.45, 7) is 2.95. The van der Waals surface area contributed by atoms with Crippen molar-refractivity contribution in [3.8, 4) is 5.75 Å². The Balaban J connectivity index is 1.32. The molecular formula is C22H24N2O3S2. The molecule has 29 heavy (non-hydrogen) atoms. The van der Waals surface area contributed by atoms with Gasteiger partial charge in [0.25, 0.3) is 0 Å². The minimum Gasteiger partial charge on any atom is -0.494 e. The summed E-state index contributed by atoms with van der Waals surface area (Å²) < 4.78 is 10.5. The van der Waals surface area contributed by atoms with E-state index in [1.807, 2.05) is 11.3 Å². The number of carbonyl (C=O) groups excluding carboxylic acids is 1. The van der Waals surface area contributed by atoms with E-state index < -0.39 is 0 Å². The molecule has 3 aromatic rings. The summed E-state index contributed by atoms with van der Waals surface area (Å²) in [5, 5.41) is 2.38. The van der Waals surface area contributed by atoms with Crippen LogP contribution < -0.4 is 4.74 Å².